The number of aromatic nitrogens is 1. The van der Waals surface area contributed by atoms with Crippen LogP contribution in [0, 0.1) is 5.92 Å². The van der Waals surface area contributed by atoms with E-state index in [-0.39, 0.29) is 40.5 Å². The number of aliphatic hydroxyl groups excluding tert-OH is 1. The zero-order valence-corrected chi connectivity index (χ0v) is 18.3. The van der Waals surface area contributed by atoms with Gasteiger partial charge in [-0.05, 0) is 13.3 Å². The average molecular weight is 407 g/mol. The molecule has 0 radical (unpaired) electrons. The van der Waals surface area contributed by atoms with E-state index in [9.17, 15) is 24.6 Å². The number of aliphatic hydroxyl groups is 1. The van der Waals surface area contributed by atoms with Crippen LogP contribution < -0.4 is 40.4 Å². The van der Waals surface area contributed by atoms with Crippen molar-refractivity contribution in [2.24, 2.45) is 11.7 Å². The van der Waals surface area contributed by atoms with Crippen LogP contribution in [0.2, 0.25) is 0 Å². The molecule has 2 unspecified atom stereocenters. The molecule has 2 amide bonds. The zero-order chi connectivity index (χ0) is 18.9. The summed E-state index contributed by atoms with van der Waals surface area (Å²) in [6.45, 7) is 6.74. The first-order valence-corrected chi connectivity index (χ1v) is 9.22. The minimum atomic E-state index is -1.53. The van der Waals surface area contributed by atoms with Crippen LogP contribution in [0.25, 0.3) is 0 Å². The molecule has 136 valence electrons. The summed E-state index contributed by atoms with van der Waals surface area (Å²) >= 11 is 2.64. The SMILES string of the molecule is C=C(C(=O)[O-])N1C(=O)[C@H]([C@@H](C)O)C1CC(C)Sc1scnc1C(N)=O.[Na+]. The zero-order valence-electron chi connectivity index (χ0n) is 14.7. The standard InChI is InChI=1S/C15H19N3O5S2.Na/c1-6(25-15-11(12(16)20)17-5-24-15)4-9-10(8(3)19)13(21)18(9)7(2)14(22)23;/h5-6,8-10,19H,2,4H2,1,3H3,(H2,16,20)(H,22,23);/q;+1/p-1/t6?,8-,9?,10-;/m1./s1. The fourth-order valence-electron chi connectivity index (χ4n) is 2.83. The molecule has 2 rings (SSSR count). The summed E-state index contributed by atoms with van der Waals surface area (Å²) in [5.41, 5.74) is 6.56. The number of carbonyl (C=O) groups is 3. The second kappa shape index (κ2) is 9.34. The number of carbonyl (C=O) groups excluding carboxylic acids is 3. The Kier molecular flexibility index (Phi) is 8.31. The maximum absolute atomic E-state index is 12.1. The predicted molar refractivity (Wildman–Crippen MR) is 90.5 cm³/mol. The third-order valence-electron chi connectivity index (χ3n) is 3.96. The van der Waals surface area contributed by atoms with Gasteiger partial charge in [0.2, 0.25) is 5.91 Å². The van der Waals surface area contributed by atoms with Gasteiger partial charge in [-0.25, -0.2) is 4.98 Å². The minimum absolute atomic E-state index is 0. The molecular weight excluding hydrogens is 389 g/mol. The molecule has 1 aliphatic heterocycles. The minimum Gasteiger partial charge on any atom is -0.543 e. The Balaban J connectivity index is 0.00000338. The first kappa shape index (κ1) is 23.1. The molecule has 4 atom stereocenters. The van der Waals surface area contributed by atoms with E-state index in [4.69, 9.17) is 5.73 Å². The molecule has 0 saturated carbocycles. The van der Waals surface area contributed by atoms with Crippen LogP contribution in [-0.4, -0.2) is 50.2 Å². The summed E-state index contributed by atoms with van der Waals surface area (Å²) in [4.78, 5) is 39.5. The second-order valence-corrected chi connectivity index (χ2v) is 8.35. The van der Waals surface area contributed by atoms with E-state index in [0.29, 0.717) is 10.6 Å². The van der Waals surface area contributed by atoms with Crippen LogP contribution in [0.3, 0.4) is 0 Å². The van der Waals surface area contributed by atoms with Gasteiger partial charge in [-0.2, -0.15) is 0 Å². The molecule has 1 aliphatic rings. The second-order valence-electron chi connectivity index (χ2n) is 5.79. The van der Waals surface area contributed by atoms with E-state index in [0.717, 1.165) is 4.90 Å². The molecule has 11 heteroatoms. The summed E-state index contributed by atoms with van der Waals surface area (Å²) < 4.78 is 0.657. The van der Waals surface area contributed by atoms with Crippen LogP contribution in [0.5, 0.6) is 0 Å². The molecule has 3 N–H and O–H groups in total. The Morgan fingerprint density at radius 2 is 2.15 bits per heavy atom. The van der Waals surface area contributed by atoms with Crippen LogP contribution in [0.15, 0.2) is 22.0 Å². The predicted octanol–water partition coefficient (Wildman–Crippen LogP) is -3.41. The Labute approximate surface area is 181 Å². The summed E-state index contributed by atoms with van der Waals surface area (Å²) in [7, 11) is 0. The van der Waals surface area contributed by atoms with Gasteiger partial charge in [0, 0.05) is 5.25 Å². The molecule has 0 bridgehead atoms. The number of nitrogens with two attached hydrogens (primary N) is 1. The average Bonchev–Trinajstić information content (AvgIpc) is 2.94. The van der Waals surface area contributed by atoms with Gasteiger partial charge in [-0.15, -0.1) is 23.1 Å². The van der Waals surface area contributed by atoms with Crippen molar-refractivity contribution in [3.63, 3.8) is 0 Å². The van der Waals surface area contributed by atoms with Crippen molar-refractivity contribution in [1.29, 1.82) is 0 Å². The normalized spacial score (nSPS) is 21.3. The summed E-state index contributed by atoms with van der Waals surface area (Å²) in [6.07, 6.45) is -0.515. The van der Waals surface area contributed by atoms with Gasteiger partial charge < -0.3 is 25.6 Å². The van der Waals surface area contributed by atoms with Crippen LogP contribution in [0.4, 0.5) is 0 Å². The number of carboxylic acids is 1. The van der Waals surface area contributed by atoms with Crippen molar-refractivity contribution in [2.75, 3.05) is 0 Å². The van der Waals surface area contributed by atoms with Gasteiger partial charge in [-0.1, -0.05) is 13.5 Å². The molecule has 1 aromatic heterocycles. The number of nitrogens with zero attached hydrogens (tertiary/aromatic N) is 2. The molecular formula is C15H18N3NaO5S2. The monoisotopic (exact) mass is 407 g/mol. The molecule has 26 heavy (non-hydrogen) atoms. The molecule has 1 saturated heterocycles. The third kappa shape index (κ3) is 4.68. The first-order chi connectivity index (χ1) is 11.6. The van der Waals surface area contributed by atoms with Gasteiger partial charge in [-0.3, -0.25) is 9.59 Å². The Bertz CT molecular complexity index is 724. The van der Waals surface area contributed by atoms with Crippen LogP contribution >= 0.6 is 23.1 Å². The largest absolute Gasteiger partial charge is 1.00 e. The summed E-state index contributed by atoms with van der Waals surface area (Å²) in [5.74, 6) is -3.33. The van der Waals surface area contributed by atoms with Crippen molar-refractivity contribution in [3.05, 3.63) is 23.5 Å². The number of thioether (sulfide) groups is 1. The quantitative estimate of drug-likeness (QED) is 0.198. The number of aliphatic carboxylic acids is 1. The van der Waals surface area contributed by atoms with Crippen molar-refractivity contribution in [2.45, 2.75) is 41.9 Å². The summed E-state index contributed by atoms with van der Waals surface area (Å²) in [5, 5.41) is 20.8. The molecule has 0 aromatic carbocycles. The van der Waals surface area contributed by atoms with Crippen molar-refractivity contribution >= 4 is 40.9 Å². The van der Waals surface area contributed by atoms with Crippen molar-refractivity contribution in [1.82, 2.24) is 9.88 Å². The van der Waals surface area contributed by atoms with E-state index >= 15 is 0 Å². The van der Waals surface area contributed by atoms with Gasteiger partial charge in [0.05, 0.1) is 39.4 Å². The molecule has 1 fully saturated rings. The fourth-order valence-corrected chi connectivity index (χ4v) is 5.12. The number of hydrogen-bond donors (Lipinski definition) is 2. The van der Waals surface area contributed by atoms with Gasteiger partial charge >= 0.3 is 29.6 Å². The summed E-state index contributed by atoms with van der Waals surface area (Å²) in [6, 6.07) is -0.509. The van der Waals surface area contributed by atoms with Gasteiger partial charge in [0.15, 0.2) is 5.69 Å². The van der Waals surface area contributed by atoms with E-state index < -0.39 is 41.5 Å². The number of primary amides is 1. The Hall–Kier alpha value is -0.910. The van der Waals surface area contributed by atoms with E-state index in [1.54, 1.807) is 0 Å². The molecule has 0 aliphatic carbocycles. The van der Waals surface area contributed by atoms with Crippen molar-refractivity contribution in [3.8, 4) is 0 Å². The number of likely N-dealkylation sites (tertiary alicyclic amines) is 1. The number of amides is 2. The number of β-lactam (4-membered cyclic amide) rings is 1. The molecule has 2 heterocycles. The van der Waals surface area contributed by atoms with Crippen LogP contribution in [-0.2, 0) is 9.59 Å². The number of thiazole rings is 1. The molecule has 0 spiro atoms. The topological polar surface area (TPSA) is 137 Å². The van der Waals surface area contributed by atoms with Gasteiger partial charge in [0.1, 0.15) is 0 Å². The molecule has 8 nitrogen and oxygen atoms in total. The smallest absolute Gasteiger partial charge is 0.543 e. The number of carboxylic acid groups (broad SMARTS) is 1. The van der Waals surface area contributed by atoms with Gasteiger partial charge in [0.25, 0.3) is 5.91 Å². The maximum Gasteiger partial charge on any atom is 1.00 e. The van der Waals surface area contributed by atoms with E-state index in [1.807, 2.05) is 6.92 Å². The Morgan fingerprint density at radius 1 is 1.54 bits per heavy atom. The van der Waals surface area contributed by atoms with Crippen LogP contribution in [0.1, 0.15) is 30.8 Å². The first-order valence-electron chi connectivity index (χ1n) is 7.46. The van der Waals surface area contributed by atoms with E-state index in [2.05, 4.69) is 11.6 Å². The fraction of sp³-hybridized carbons (Fsp3) is 0.467. The Morgan fingerprint density at radius 3 is 2.65 bits per heavy atom. The van der Waals surface area contributed by atoms with E-state index in [1.165, 1.54) is 35.5 Å². The van der Waals surface area contributed by atoms with Crippen molar-refractivity contribution < 1.29 is 54.2 Å². The number of rotatable bonds is 8. The third-order valence-corrected chi connectivity index (χ3v) is 6.16. The maximum atomic E-state index is 12.1. The number of hydrogen-bond acceptors (Lipinski definition) is 8. The molecule has 1 aromatic rings.